The Morgan fingerprint density at radius 1 is 0.690 bits per heavy atom. The molecule has 2 atom stereocenters. The summed E-state index contributed by atoms with van der Waals surface area (Å²) >= 11 is 0. The van der Waals surface area contributed by atoms with Crippen LogP contribution in [0.5, 0.6) is 0 Å². The number of rotatable bonds is 6. The molecular weight excluding hydrogens is 364 g/mol. The van der Waals surface area contributed by atoms with Crippen LogP contribution < -0.4 is 0 Å². The average Bonchev–Trinajstić information content (AvgIpc) is 3.17. The molecule has 2 aliphatic rings. The van der Waals surface area contributed by atoms with Crippen LogP contribution in [0.3, 0.4) is 0 Å². The Labute approximate surface area is 180 Å². The van der Waals surface area contributed by atoms with Crippen molar-refractivity contribution in [3.8, 4) is 0 Å². The Morgan fingerprint density at radius 3 is 1.48 bits per heavy atom. The lowest BCUT2D eigenvalue weighted by Gasteiger charge is -2.19. The van der Waals surface area contributed by atoms with Crippen LogP contribution in [0.15, 0.2) is 47.5 Å². The first-order valence-corrected chi connectivity index (χ1v) is 12.6. The summed E-state index contributed by atoms with van der Waals surface area (Å²) in [6.45, 7) is 13.9. The van der Waals surface area contributed by atoms with Gasteiger partial charge in [0.2, 0.25) is 0 Å². The van der Waals surface area contributed by atoms with Gasteiger partial charge in [-0.05, 0) is 59.1 Å². The molecule has 0 heterocycles. The van der Waals surface area contributed by atoms with Gasteiger partial charge in [-0.1, -0.05) is 99.5 Å². The number of hydrogen-bond donors (Lipinski definition) is 0. The van der Waals surface area contributed by atoms with Gasteiger partial charge < -0.3 is 0 Å². The van der Waals surface area contributed by atoms with Crippen LogP contribution in [-0.2, 0) is 0 Å². The predicted octanol–water partition coefficient (Wildman–Crippen LogP) is 8.18. The van der Waals surface area contributed by atoms with Gasteiger partial charge in [0.15, 0.2) is 0 Å². The van der Waals surface area contributed by atoms with E-state index in [9.17, 15) is 0 Å². The zero-order valence-corrected chi connectivity index (χ0v) is 19.8. The molecule has 0 amide bonds. The van der Waals surface area contributed by atoms with Gasteiger partial charge in [0, 0.05) is 21.4 Å². The third-order valence-corrected chi connectivity index (χ3v) is 8.28. The summed E-state index contributed by atoms with van der Waals surface area (Å²) in [6, 6.07) is 16.5. The second-order valence-corrected chi connectivity index (χ2v) is 10.9. The fourth-order valence-corrected chi connectivity index (χ4v) is 7.04. The largest absolute Gasteiger partial charge is 0.0655 e. The number of hydrogen-bond acceptors (Lipinski definition) is 0. The SMILES string of the molecule is CC1=Cc2c(C(C)C)cccc2C1C[Si]CC1C(C)=Cc2c(C(C)C)cccc21. The minimum absolute atomic E-state index is 0.591. The van der Waals surface area contributed by atoms with Crippen molar-refractivity contribution in [1.82, 2.24) is 0 Å². The van der Waals surface area contributed by atoms with Crippen molar-refractivity contribution in [2.45, 2.75) is 77.3 Å². The Balaban J connectivity index is 1.49. The van der Waals surface area contributed by atoms with E-state index >= 15 is 0 Å². The van der Waals surface area contributed by atoms with Crippen molar-refractivity contribution in [3.05, 3.63) is 80.9 Å². The van der Waals surface area contributed by atoms with Crippen LogP contribution in [0, 0.1) is 0 Å². The van der Waals surface area contributed by atoms with Gasteiger partial charge in [-0.2, -0.15) is 0 Å². The maximum absolute atomic E-state index is 2.46. The molecule has 2 radical (unpaired) electrons. The quantitative estimate of drug-likeness (QED) is 0.430. The van der Waals surface area contributed by atoms with E-state index in [0.717, 1.165) is 9.52 Å². The number of allylic oxidation sites excluding steroid dienone is 2. The van der Waals surface area contributed by atoms with E-state index in [2.05, 4.69) is 90.1 Å². The monoisotopic (exact) mass is 398 g/mol. The van der Waals surface area contributed by atoms with Crippen molar-refractivity contribution in [2.24, 2.45) is 0 Å². The lowest BCUT2D eigenvalue weighted by Crippen LogP contribution is -2.07. The molecule has 0 aliphatic heterocycles. The molecule has 0 saturated carbocycles. The highest BCUT2D eigenvalue weighted by Crippen LogP contribution is 2.44. The lowest BCUT2D eigenvalue weighted by molar-refractivity contribution is 0.844. The fourth-order valence-electron chi connectivity index (χ4n) is 5.21. The first kappa shape index (κ1) is 20.4. The van der Waals surface area contributed by atoms with Gasteiger partial charge in [-0.15, -0.1) is 0 Å². The Hall–Kier alpha value is -1.86. The third-order valence-electron chi connectivity index (χ3n) is 6.88. The van der Waals surface area contributed by atoms with E-state index in [1.807, 2.05) is 0 Å². The zero-order chi connectivity index (χ0) is 20.7. The number of fused-ring (bicyclic) bond motifs is 2. The first-order chi connectivity index (χ1) is 13.9. The van der Waals surface area contributed by atoms with E-state index in [1.54, 1.807) is 22.3 Å². The maximum atomic E-state index is 2.46. The Morgan fingerprint density at radius 2 is 1.10 bits per heavy atom. The molecule has 0 spiro atoms. The Kier molecular flexibility index (Phi) is 5.71. The van der Waals surface area contributed by atoms with Crippen LogP contribution in [0.25, 0.3) is 12.2 Å². The van der Waals surface area contributed by atoms with Gasteiger partial charge in [-0.3, -0.25) is 0 Å². The third kappa shape index (κ3) is 3.70. The summed E-state index contributed by atoms with van der Waals surface area (Å²) in [5, 5.41) is 0. The smallest absolute Gasteiger partial charge is 0.0397 e. The van der Waals surface area contributed by atoms with Crippen LogP contribution in [0.2, 0.25) is 12.1 Å². The minimum atomic E-state index is 0.591. The fraction of sp³-hybridized carbons (Fsp3) is 0.429. The van der Waals surface area contributed by atoms with Crippen molar-refractivity contribution < 1.29 is 0 Å². The molecule has 2 aromatic carbocycles. The summed E-state index contributed by atoms with van der Waals surface area (Å²) in [7, 11) is 0.997. The molecule has 29 heavy (non-hydrogen) atoms. The van der Waals surface area contributed by atoms with Crippen molar-refractivity contribution >= 4 is 21.7 Å². The predicted molar refractivity (Wildman–Crippen MR) is 129 cm³/mol. The second kappa shape index (κ2) is 8.11. The van der Waals surface area contributed by atoms with Crippen LogP contribution in [0.4, 0.5) is 0 Å². The zero-order valence-electron chi connectivity index (χ0n) is 18.8. The van der Waals surface area contributed by atoms with Gasteiger partial charge in [0.25, 0.3) is 0 Å². The van der Waals surface area contributed by atoms with Gasteiger partial charge in [0.05, 0.1) is 0 Å². The van der Waals surface area contributed by atoms with Gasteiger partial charge in [0.1, 0.15) is 0 Å². The summed E-state index contributed by atoms with van der Waals surface area (Å²) in [4.78, 5) is 0. The molecule has 2 unspecified atom stereocenters. The first-order valence-electron chi connectivity index (χ1n) is 11.2. The molecule has 0 N–H and O–H groups in total. The second-order valence-electron chi connectivity index (χ2n) is 9.55. The van der Waals surface area contributed by atoms with E-state index < -0.39 is 0 Å². The standard InChI is InChI=1S/C28H34Si/c1-17(2)21-9-7-11-23-25(21)13-19(5)27(23)15-29-16-28-20(6)14-26-22(18(3)4)10-8-12-24(26)28/h7-14,17-18,27-28H,15-16H2,1-6H3. The molecule has 0 nitrogen and oxygen atoms in total. The summed E-state index contributed by atoms with van der Waals surface area (Å²) < 4.78 is 0. The highest BCUT2D eigenvalue weighted by Gasteiger charge is 2.28. The summed E-state index contributed by atoms with van der Waals surface area (Å²) in [5.74, 6) is 2.42. The molecule has 1 heteroatoms. The van der Waals surface area contributed by atoms with Gasteiger partial charge in [-0.25, -0.2) is 0 Å². The van der Waals surface area contributed by atoms with Gasteiger partial charge >= 0.3 is 0 Å². The molecule has 2 aliphatic carbocycles. The van der Waals surface area contributed by atoms with Crippen LogP contribution in [0.1, 0.15) is 98.6 Å². The molecule has 0 aromatic heterocycles. The molecular formula is C28H34Si. The van der Waals surface area contributed by atoms with E-state index in [4.69, 9.17) is 0 Å². The molecule has 2 aromatic rings. The van der Waals surface area contributed by atoms with E-state index in [-0.39, 0.29) is 0 Å². The van der Waals surface area contributed by atoms with E-state index in [1.165, 1.54) is 34.3 Å². The van der Waals surface area contributed by atoms with Crippen LogP contribution >= 0.6 is 0 Å². The molecule has 0 fully saturated rings. The lowest BCUT2D eigenvalue weighted by atomic mass is 9.92. The normalized spacial score (nSPS) is 20.1. The summed E-state index contributed by atoms with van der Waals surface area (Å²) in [6.07, 6.45) is 4.93. The molecule has 0 saturated heterocycles. The van der Waals surface area contributed by atoms with Crippen molar-refractivity contribution in [3.63, 3.8) is 0 Å². The number of benzene rings is 2. The molecule has 4 rings (SSSR count). The Bertz CT molecular complexity index is 894. The van der Waals surface area contributed by atoms with Crippen molar-refractivity contribution in [2.75, 3.05) is 0 Å². The highest BCUT2D eigenvalue weighted by atomic mass is 28.2. The highest BCUT2D eigenvalue weighted by molar-refractivity contribution is 6.36. The molecule has 0 bridgehead atoms. The topological polar surface area (TPSA) is 0 Å². The molecule has 150 valence electrons. The maximum Gasteiger partial charge on any atom is 0.0397 e. The summed E-state index contributed by atoms with van der Waals surface area (Å²) in [5.41, 5.74) is 12.3. The van der Waals surface area contributed by atoms with Crippen molar-refractivity contribution in [1.29, 1.82) is 0 Å². The van der Waals surface area contributed by atoms with Crippen LogP contribution in [-0.4, -0.2) is 9.52 Å². The average molecular weight is 399 g/mol. The minimum Gasteiger partial charge on any atom is -0.0655 e. The van der Waals surface area contributed by atoms with E-state index in [0.29, 0.717) is 23.7 Å².